The first-order valence-corrected chi connectivity index (χ1v) is 9.88. The molecule has 2 saturated carbocycles. The van der Waals surface area contributed by atoms with Gasteiger partial charge < -0.3 is 9.84 Å². The first-order valence-electron chi connectivity index (χ1n) is 9.88. The number of aliphatic hydroxyl groups is 1. The lowest BCUT2D eigenvalue weighted by Crippen LogP contribution is -2.42. The van der Waals surface area contributed by atoms with Crippen molar-refractivity contribution in [3.63, 3.8) is 0 Å². The first kappa shape index (κ1) is 17.7. The van der Waals surface area contributed by atoms with Crippen molar-refractivity contribution in [1.82, 2.24) is 4.90 Å². The van der Waals surface area contributed by atoms with Gasteiger partial charge in [-0.25, -0.2) is 0 Å². The second-order valence-corrected chi connectivity index (χ2v) is 9.25. The molecule has 0 unspecified atom stereocenters. The van der Waals surface area contributed by atoms with E-state index in [2.05, 4.69) is 32.6 Å². The molecule has 0 aromatic heterocycles. The number of ether oxygens (including phenoxy) is 1. The molecule has 5 atom stereocenters. The van der Waals surface area contributed by atoms with Crippen LogP contribution in [0.25, 0.3) is 0 Å². The lowest BCUT2D eigenvalue weighted by molar-refractivity contribution is -0.0574. The molecule has 0 spiro atoms. The van der Waals surface area contributed by atoms with Gasteiger partial charge >= 0.3 is 0 Å². The monoisotopic (exact) mass is 323 g/mol. The Balaban J connectivity index is 1.42. The number of piperidine rings is 1. The van der Waals surface area contributed by atoms with E-state index in [1.807, 2.05) is 0 Å². The zero-order valence-corrected chi connectivity index (χ0v) is 15.7. The van der Waals surface area contributed by atoms with Crippen molar-refractivity contribution in [2.45, 2.75) is 90.9 Å². The highest BCUT2D eigenvalue weighted by Crippen LogP contribution is 2.66. The number of aliphatic hydroxyl groups excluding tert-OH is 1. The SMILES string of the molecule is C[C@H]1CCCCN1C[C@H](O)CCO[C@@H]1C[C@@H]2CC[C@]1(C)C2(C)C. The number of likely N-dealkylation sites (tertiary alicyclic amines) is 1. The summed E-state index contributed by atoms with van der Waals surface area (Å²) in [5, 5.41) is 10.4. The summed E-state index contributed by atoms with van der Waals surface area (Å²) in [5.74, 6) is 0.830. The lowest BCUT2D eigenvalue weighted by Gasteiger charge is -2.39. The van der Waals surface area contributed by atoms with Gasteiger partial charge in [-0.3, -0.25) is 4.90 Å². The van der Waals surface area contributed by atoms with Crippen LogP contribution in [0.2, 0.25) is 0 Å². The largest absolute Gasteiger partial charge is 0.392 e. The van der Waals surface area contributed by atoms with Crippen molar-refractivity contribution in [3.8, 4) is 0 Å². The highest BCUT2D eigenvalue weighted by molar-refractivity contribution is 5.11. The highest BCUT2D eigenvalue weighted by atomic mass is 16.5. The van der Waals surface area contributed by atoms with Crippen LogP contribution in [0.4, 0.5) is 0 Å². The van der Waals surface area contributed by atoms with Crippen molar-refractivity contribution in [2.24, 2.45) is 16.7 Å². The predicted molar refractivity (Wildman–Crippen MR) is 94.5 cm³/mol. The standard InChI is InChI=1S/C20H37NO2/c1-15-7-5-6-11-21(15)14-17(22)9-12-23-18-13-16-8-10-20(18,4)19(16,2)3/h15-18,22H,5-14H2,1-4H3/t15-,16-,17+,18+,20-/m0/s1. The number of hydrogen-bond acceptors (Lipinski definition) is 3. The topological polar surface area (TPSA) is 32.7 Å². The molecule has 0 aromatic carbocycles. The summed E-state index contributed by atoms with van der Waals surface area (Å²) in [4.78, 5) is 2.45. The maximum absolute atomic E-state index is 10.4. The van der Waals surface area contributed by atoms with Crippen molar-refractivity contribution in [3.05, 3.63) is 0 Å². The van der Waals surface area contributed by atoms with E-state index >= 15 is 0 Å². The smallest absolute Gasteiger partial charge is 0.0689 e. The zero-order chi connectivity index (χ0) is 16.7. The van der Waals surface area contributed by atoms with E-state index in [4.69, 9.17) is 4.74 Å². The van der Waals surface area contributed by atoms with Crippen LogP contribution >= 0.6 is 0 Å². The molecule has 1 N–H and O–H groups in total. The van der Waals surface area contributed by atoms with Crippen LogP contribution in [-0.2, 0) is 4.74 Å². The van der Waals surface area contributed by atoms with Crippen molar-refractivity contribution in [1.29, 1.82) is 0 Å². The van der Waals surface area contributed by atoms with Crippen LogP contribution in [-0.4, -0.2) is 48.0 Å². The highest BCUT2D eigenvalue weighted by Gasteiger charge is 2.61. The van der Waals surface area contributed by atoms with Crippen molar-refractivity contribution < 1.29 is 9.84 Å². The molecule has 1 saturated heterocycles. The van der Waals surface area contributed by atoms with Gasteiger partial charge in [0.05, 0.1) is 12.2 Å². The summed E-state index contributed by atoms with van der Waals surface area (Å²) in [6.07, 6.45) is 8.75. The Bertz CT molecular complexity index is 410. The molecule has 134 valence electrons. The number of rotatable bonds is 6. The second kappa shape index (κ2) is 6.65. The van der Waals surface area contributed by atoms with Crippen LogP contribution < -0.4 is 0 Å². The molecule has 2 bridgehead atoms. The van der Waals surface area contributed by atoms with Gasteiger partial charge in [0, 0.05) is 19.2 Å². The molecule has 3 aliphatic rings. The first-order chi connectivity index (χ1) is 10.8. The Morgan fingerprint density at radius 1 is 1.22 bits per heavy atom. The Kier molecular flexibility index (Phi) is 5.11. The number of β-amino-alcohol motifs (C(OH)–C–C–N with tert-alkyl or cyclic N) is 1. The quantitative estimate of drug-likeness (QED) is 0.806. The van der Waals surface area contributed by atoms with E-state index in [1.165, 1.54) is 38.5 Å². The van der Waals surface area contributed by atoms with Crippen LogP contribution in [0.15, 0.2) is 0 Å². The fourth-order valence-corrected chi connectivity index (χ4v) is 5.52. The maximum atomic E-state index is 10.4. The van der Waals surface area contributed by atoms with E-state index in [-0.39, 0.29) is 6.10 Å². The minimum Gasteiger partial charge on any atom is -0.392 e. The molecule has 1 aliphatic heterocycles. The van der Waals surface area contributed by atoms with Crippen LogP contribution in [0.5, 0.6) is 0 Å². The van der Waals surface area contributed by atoms with Gasteiger partial charge in [-0.2, -0.15) is 0 Å². The van der Waals surface area contributed by atoms with Gasteiger partial charge in [0.25, 0.3) is 0 Å². The normalized spacial score (nSPS) is 41.3. The average molecular weight is 324 g/mol. The average Bonchev–Trinajstić information content (AvgIpc) is 2.83. The summed E-state index contributed by atoms with van der Waals surface area (Å²) >= 11 is 0. The molecule has 3 heteroatoms. The molecule has 3 nitrogen and oxygen atoms in total. The maximum Gasteiger partial charge on any atom is 0.0689 e. The van der Waals surface area contributed by atoms with Crippen LogP contribution in [0, 0.1) is 16.7 Å². The summed E-state index contributed by atoms with van der Waals surface area (Å²) in [6.45, 7) is 12.3. The lowest BCUT2D eigenvalue weighted by atomic mass is 9.70. The van der Waals surface area contributed by atoms with Crippen molar-refractivity contribution >= 4 is 0 Å². The Hall–Kier alpha value is -0.120. The molecule has 2 aliphatic carbocycles. The minimum absolute atomic E-state index is 0.241. The third kappa shape index (κ3) is 3.21. The van der Waals surface area contributed by atoms with Crippen LogP contribution in [0.1, 0.15) is 72.6 Å². The minimum atomic E-state index is -0.241. The number of fused-ring (bicyclic) bond motifs is 2. The fourth-order valence-electron chi connectivity index (χ4n) is 5.52. The number of hydrogen-bond donors (Lipinski definition) is 1. The molecule has 0 aromatic rings. The Morgan fingerprint density at radius 2 is 2.00 bits per heavy atom. The van der Waals surface area contributed by atoms with Crippen LogP contribution in [0.3, 0.4) is 0 Å². The summed E-state index contributed by atoms with van der Waals surface area (Å²) in [7, 11) is 0. The van der Waals surface area contributed by atoms with E-state index in [1.54, 1.807) is 0 Å². The van der Waals surface area contributed by atoms with Gasteiger partial charge in [0.15, 0.2) is 0 Å². The molecule has 1 heterocycles. The summed E-state index contributed by atoms with van der Waals surface area (Å²) in [6, 6.07) is 0.629. The van der Waals surface area contributed by atoms with E-state index in [0.717, 1.165) is 25.4 Å². The summed E-state index contributed by atoms with van der Waals surface area (Å²) in [5.41, 5.74) is 0.753. The van der Waals surface area contributed by atoms with Gasteiger partial charge in [-0.15, -0.1) is 0 Å². The van der Waals surface area contributed by atoms with Gasteiger partial charge in [0.1, 0.15) is 0 Å². The third-order valence-corrected chi connectivity index (χ3v) is 7.87. The van der Waals surface area contributed by atoms with E-state index in [0.29, 0.717) is 29.6 Å². The Labute approximate surface area is 142 Å². The molecule has 3 fully saturated rings. The van der Waals surface area contributed by atoms with Gasteiger partial charge in [-0.1, -0.05) is 27.2 Å². The van der Waals surface area contributed by atoms with Crippen molar-refractivity contribution in [2.75, 3.05) is 19.7 Å². The Morgan fingerprint density at radius 3 is 2.61 bits per heavy atom. The van der Waals surface area contributed by atoms with E-state index < -0.39 is 0 Å². The molecule has 0 amide bonds. The second-order valence-electron chi connectivity index (χ2n) is 9.25. The molecule has 3 rings (SSSR count). The molecule has 0 radical (unpaired) electrons. The van der Waals surface area contributed by atoms with E-state index in [9.17, 15) is 5.11 Å². The molecular weight excluding hydrogens is 286 g/mol. The third-order valence-electron chi connectivity index (χ3n) is 7.87. The van der Waals surface area contributed by atoms with Gasteiger partial charge in [-0.05, 0) is 68.7 Å². The fraction of sp³-hybridized carbons (Fsp3) is 1.00. The molecule has 23 heavy (non-hydrogen) atoms. The number of nitrogens with zero attached hydrogens (tertiary/aromatic N) is 1. The molecular formula is C20H37NO2. The summed E-state index contributed by atoms with van der Waals surface area (Å²) < 4.78 is 6.28. The predicted octanol–water partition coefficient (Wildman–Crippen LogP) is 3.84. The van der Waals surface area contributed by atoms with Gasteiger partial charge in [0.2, 0.25) is 0 Å². The zero-order valence-electron chi connectivity index (χ0n) is 15.7.